The van der Waals surface area contributed by atoms with Crippen LogP contribution in [0, 0.1) is 5.92 Å². The quantitative estimate of drug-likeness (QED) is 0.0222. The van der Waals surface area contributed by atoms with Crippen molar-refractivity contribution in [3.63, 3.8) is 0 Å². The van der Waals surface area contributed by atoms with Gasteiger partial charge in [0.1, 0.15) is 19.3 Å². The summed E-state index contributed by atoms with van der Waals surface area (Å²) >= 11 is 0. The standard InChI is InChI=1S/C80H156O17P2/c1-6-10-13-16-19-22-25-27-29-31-35-39-44-49-54-59-64-78(83)91-70-76(97-80(85)66-61-56-51-46-41-37-33-32-34-38-42-47-52-57-62-73(5)9-4)72-95-99(88,89)93-68-74(81)67-92-98(86,87)94-71-75(69-90-77(82)63-58-53-48-43-24-21-18-15-12-8-3)96-79(84)65-60-55-50-45-40-36-30-28-26-23-20-17-14-11-7-2/h73-76,81H,6-72H2,1-5H3,(H,86,87)(H,88,89)/t73?,74-,75+,76+/m0/s1. The predicted molar refractivity (Wildman–Crippen MR) is 405 cm³/mol. The number of aliphatic hydroxyl groups excluding tert-OH is 1. The summed E-state index contributed by atoms with van der Waals surface area (Å²) in [6, 6.07) is 0. The molecular weight excluding hydrogens is 1290 g/mol. The molecule has 0 bridgehead atoms. The molecule has 0 aromatic heterocycles. The second-order valence-corrected chi connectivity index (χ2v) is 32.0. The van der Waals surface area contributed by atoms with Crippen LogP contribution in [-0.2, 0) is 65.4 Å². The molecular formula is C80H156O17P2. The number of carbonyl (C=O) groups excluding carboxylic acids is 4. The molecule has 3 unspecified atom stereocenters. The summed E-state index contributed by atoms with van der Waals surface area (Å²) in [5, 5.41) is 10.6. The summed E-state index contributed by atoms with van der Waals surface area (Å²) in [4.78, 5) is 73.0. The number of ether oxygens (including phenoxy) is 4. The van der Waals surface area contributed by atoms with Crippen molar-refractivity contribution in [1.82, 2.24) is 0 Å². The van der Waals surface area contributed by atoms with Gasteiger partial charge in [0.15, 0.2) is 12.2 Å². The molecule has 0 aromatic rings. The number of hydrogen-bond acceptors (Lipinski definition) is 15. The van der Waals surface area contributed by atoms with Gasteiger partial charge in [-0.25, -0.2) is 9.13 Å². The maximum absolute atomic E-state index is 13.1. The number of rotatable bonds is 80. The maximum Gasteiger partial charge on any atom is 0.472 e. The summed E-state index contributed by atoms with van der Waals surface area (Å²) in [6.07, 6.45) is 63.6. The molecule has 588 valence electrons. The molecule has 19 heteroatoms. The summed E-state index contributed by atoms with van der Waals surface area (Å²) in [5.41, 5.74) is 0. The molecule has 0 saturated heterocycles. The maximum atomic E-state index is 13.1. The summed E-state index contributed by atoms with van der Waals surface area (Å²) in [6.45, 7) is 7.38. The lowest BCUT2D eigenvalue weighted by Crippen LogP contribution is -2.30. The van der Waals surface area contributed by atoms with Crippen LogP contribution in [0.5, 0.6) is 0 Å². The van der Waals surface area contributed by atoms with Crippen LogP contribution in [0.1, 0.15) is 426 Å². The van der Waals surface area contributed by atoms with Gasteiger partial charge in [-0.3, -0.25) is 37.3 Å². The number of carbonyl (C=O) groups is 4. The molecule has 99 heavy (non-hydrogen) atoms. The second-order valence-electron chi connectivity index (χ2n) is 29.1. The lowest BCUT2D eigenvalue weighted by atomic mass is 9.99. The van der Waals surface area contributed by atoms with Crippen LogP contribution in [0.4, 0.5) is 0 Å². The predicted octanol–water partition coefficient (Wildman–Crippen LogP) is 24.0. The van der Waals surface area contributed by atoms with Gasteiger partial charge >= 0.3 is 39.5 Å². The molecule has 0 aliphatic heterocycles. The third-order valence-corrected chi connectivity index (χ3v) is 21.0. The van der Waals surface area contributed by atoms with Crippen LogP contribution < -0.4 is 0 Å². The van der Waals surface area contributed by atoms with Crippen LogP contribution in [0.15, 0.2) is 0 Å². The van der Waals surface area contributed by atoms with Crippen LogP contribution in [0.3, 0.4) is 0 Å². The Hall–Kier alpha value is -1.94. The number of esters is 4. The lowest BCUT2D eigenvalue weighted by Gasteiger charge is -2.21. The fourth-order valence-corrected chi connectivity index (χ4v) is 14.0. The first-order valence-electron chi connectivity index (χ1n) is 41.7. The minimum absolute atomic E-state index is 0.109. The van der Waals surface area contributed by atoms with Gasteiger partial charge in [0, 0.05) is 25.7 Å². The normalized spacial score (nSPS) is 14.1. The Morgan fingerprint density at radius 1 is 0.283 bits per heavy atom. The summed E-state index contributed by atoms with van der Waals surface area (Å²) in [7, 11) is -9.92. The first-order chi connectivity index (χ1) is 48.1. The van der Waals surface area contributed by atoms with E-state index in [1.54, 1.807) is 0 Å². The van der Waals surface area contributed by atoms with Crippen molar-refractivity contribution in [3.05, 3.63) is 0 Å². The second kappa shape index (κ2) is 73.0. The molecule has 0 aliphatic rings. The number of aliphatic hydroxyl groups is 1. The highest BCUT2D eigenvalue weighted by molar-refractivity contribution is 7.47. The molecule has 0 amide bonds. The average Bonchev–Trinajstić information content (AvgIpc) is 1.18. The molecule has 3 N–H and O–H groups in total. The van der Waals surface area contributed by atoms with E-state index in [-0.39, 0.29) is 25.7 Å². The number of phosphoric acid groups is 2. The van der Waals surface area contributed by atoms with E-state index in [1.807, 2.05) is 0 Å². The molecule has 6 atom stereocenters. The van der Waals surface area contributed by atoms with E-state index in [0.29, 0.717) is 25.7 Å². The highest BCUT2D eigenvalue weighted by Crippen LogP contribution is 2.45. The summed E-state index contributed by atoms with van der Waals surface area (Å²) < 4.78 is 68.7. The first-order valence-corrected chi connectivity index (χ1v) is 44.7. The minimum atomic E-state index is -4.96. The van der Waals surface area contributed by atoms with E-state index in [9.17, 15) is 43.2 Å². The van der Waals surface area contributed by atoms with Gasteiger partial charge in [-0.15, -0.1) is 0 Å². The summed E-state index contributed by atoms with van der Waals surface area (Å²) in [5.74, 6) is -1.26. The van der Waals surface area contributed by atoms with Gasteiger partial charge in [-0.05, 0) is 31.6 Å². The van der Waals surface area contributed by atoms with Crippen molar-refractivity contribution in [2.75, 3.05) is 39.6 Å². The molecule has 0 aliphatic carbocycles. The van der Waals surface area contributed by atoms with Gasteiger partial charge in [0.25, 0.3) is 0 Å². The van der Waals surface area contributed by atoms with Crippen molar-refractivity contribution in [2.45, 2.75) is 445 Å². The van der Waals surface area contributed by atoms with Gasteiger partial charge in [-0.2, -0.15) is 0 Å². The minimum Gasteiger partial charge on any atom is -0.462 e. The molecule has 0 heterocycles. The highest BCUT2D eigenvalue weighted by atomic mass is 31.2. The zero-order valence-electron chi connectivity index (χ0n) is 64.6. The van der Waals surface area contributed by atoms with Crippen LogP contribution in [-0.4, -0.2) is 96.7 Å². The SMILES string of the molecule is CCCCCCCCCCCCCCCCCCC(=O)OC[C@H](COP(=O)(O)OC[C@@H](O)COP(=O)(O)OC[C@@H](COC(=O)CCCCCCCCCCCC)OC(=O)CCCCCCCCCCCCCCCCC)OC(=O)CCCCCCCCCCCCCCCCC(C)CC. The fourth-order valence-electron chi connectivity index (χ4n) is 12.4. The third kappa shape index (κ3) is 72.8. The fraction of sp³-hybridized carbons (Fsp3) is 0.950. The molecule has 17 nitrogen and oxygen atoms in total. The molecule has 0 aromatic carbocycles. The van der Waals surface area contributed by atoms with Crippen molar-refractivity contribution < 1.29 is 80.2 Å². The topological polar surface area (TPSA) is 237 Å². The van der Waals surface area contributed by atoms with Gasteiger partial charge < -0.3 is 33.8 Å². The van der Waals surface area contributed by atoms with Crippen molar-refractivity contribution in [3.8, 4) is 0 Å². The van der Waals surface area contributed by atoms with Gasteiger partial charge in [-0.1, -0.05) is 375 Å². The number of unbranched alkanes of at least 4 members (excludes halogenated alkanes) is 51. The Morgan fingerprint density at radius 2 is 0.485 bits per heavy atom. The molecule has 0 radical (unpaired) electrons. The molecule has 0 saturated carbocycles. The van der Waals surface area contributed by atoms with Gasteiger partial charge in [0.05, 0.1) is 26.4 Å². The number of hydrogen-bond donors (Lipinski definition) is 3. The first kappa shape index (κ1) is 97.1. The third-order valence-electron chi connectivity index (χ3n) is 19.1. The lowest BCUT2D eigenvalue weighted by molar-refractivity contribution is -0.161. The van der Waals surface area contributed by atoms with Crippen molar-refractivity contribution >= 4 is 39.5 Å². The van der Waals surface area contributed by atoms with E-state index in [2.05, 4.69) is 34.6 Å². The molecule has 0 spiro atoms. The van der Waals surface area contributed by atoms with E-state index in [1.165, 1.54) is 250 Å². The van der Waals surface area contributed by atoms with Gasteiger partial charge in [0.2, 0.25) is 0 Å². The van der Waals surface area contributed by atoms with E-state index in [4.69, 9.17) is 37.0 Å². The zero-order chi connectivity index (χ0) is 72.7. The van der Waals surface area contributed by atoms with Crippen LogP contribution in [0.2, 0.25) is 0 Å². The Bertz CT molecular complexity index is 1890. The molecule has 0 rings (SSSR count). The highest BCUT2D eigenvalue weighted by Gasteiger charge is 2.30. The van der Waals surface area contributed by atoms with Crippen molar-refractivity contribution in [1.29, 1.82) is 0 Å². The average molecular weight is 1450 g/mol. The zero-order valence-corrected chi connectivity index (χ0v) is 66.4. The van der Waals surface area contributed by atoms with E-state index in [0.717, 1.165) is 95.8 Å². The monoisotopic (exact) mass is 1450 g/mol. The Morgan fingerprint density at radius 3 is 0.717 bits per heavy atom. The smallest absolute Gasteiger partial charge is 0.462 e. The Labute approximate surface area is 607 Å². The molecule has 0 fully saturated rings. The largest absolute Gasteiger partial charge is 0.472 e. The van der Waals surface area contributed by atoms with Crippen molar-refractivity contribution in [2.24, 2.45) is 5.92 Å². The Kier molecular flexibility index (Phi) is 71.6. The Balaban J connectivity index is 5.24. The van der Waals surface area contributed by atoms with Crippen LogP contribution >= 0.6 is 15.6 Å². The number of phosphoric ester groups is 2. The van der Waals surface area contributed by atoms with E-state index < -0.39 is 97.5 Å². The van der Waals surface area contributed by atoms with Crippen LogP contribution in [0.25, 0.3) is 0 Å². The van der Waals surface area contributed by atoms with E-state index >= 15 is 0 Å².